The highest BCUT2D eigenvalue weighted by Crippen LogP contribution is 2.21. The van der Waals surface area contributed by atoms with Crippen LogP contribution in [0.4, 0.5) is 0 Å². The molecule has 1 atom stereocenters. The minimum absolute atomic E-state index is 0.0500. The van der Waals surface area contributed by atoms with Gasteiger partial charge in [-0.3, -0.25) is 4.79 Å². The van der Waals surface area contributed by atoms with Gasteiger partial charge < -0.3 is 19.7 Å². The summed E-state index contributed by atoms with van der Waals surface area (Å²) < 4.78 is 11.0. The van der Waals surface area contributed by atoms with Gasteiger partial charge in [-0.05, 0) is 50.0 Å². The number of carbonyl (C=O) groups excluding carboxylic acids is 1. The van der Waals surface area contributed by atoms with Crippen molar-refractivity contribution in [1.29, 1.82) is 0 Å². The molecular formula is C22H25N3O3S. The van der Waals surface area contributed by atoms with Crippen molar-refractivity contribution in [1.82, 2.24) is 15.2 Å². The van der Waals surface area contributed by atoms with Crippen LogP contribution in [0.1, 0.15) is 27.7 Å². The van der Waals surface area contributed by atoms with Gasteiger partial charge in [0.25, 0.3) is 5.91 Å². The SMILES string of the molecule is COc1ccc(C(CNC(=O)c2cccc(OCc3cscn3)c2)N(C)C)cc1. The summed E-state index contributed by atoms with van der Waals surface area (Å²) in [5.74, 6) is 1.32. The topological polar surface area (TPSA) is 63.7 Å². The van der Waals surface area contributed by atoms with Crippen molar-refractivity contribution in [2.75, 3.05) is 27.7 Å². The second-order valence-electron chi connectivity index (χ2n) is 6.76. The summed E-state index contributed by atoms with van der Waals surface area (Å²) in [6.07, 6.45) is 0. The third-order valence-corrected chi connectivity index (χ3v) is 5.18. The molecule has 0 aliphatic carbocycles. The first-order valence-corrected chi connectivity index (χ1v) is 10.2. The minimum atomic E-state index is -0.135. The largest absolute Gasteiger partial charge is 0.497 e. The Bertz CT molecular complexity index is 911. The van der Waals surface area contributed by atoms with Crippen molar-refractivity contribution in [2.45, 2.75) is 12.6 Å². The molecule has 0 spiro atoms. The zero-order valence-electron chi connectivity index (χ0n) is 16.8. The van der Waals surface area contributed by atoms with E-state index in [1.54, 1.807) is 24.8 Å². The molecule has 0 bridgehead atoms. The predicted molar refractivity (Wildman–Crippen MR) is 115 cm³/mol. The van der Waals surface area contributed by atoms with Gasteiger partial charge in [-0.25, -0.2) is 4.98 Å². The van der Waals surface area contributed by atoms with E-state index in [1.807, 2.05) is 55.9 Å². The Labute approximate surface area is 175 Å². The summed E-state index contributed by atoms with van der Waals surface area (Å²) in [6.45, 7) is 0.872. The van der Waals surface area contributed by atoms with Crippen LogP contribution in [0.15, 0.2) is 59.4 Å². The molecule has 3 rings (SSSR count). The molecule has 7 heteroatoms. The average Bonchev–Trinajstić information content (AvgIpc) is 3.26. The zero-order valence-corrected chi connectivity index (χ0v) is 17.6. The fourth-order valence-corrected chi connectivity index (χ4v) is 3.45. The molecule has 152 valence electrons. The standard InChI is InChI=1S/C22H25N3O3S/c1-25(2)21(16-7-9-19(27-3)10-8-16)12-23-22(26)17-5-4-6-20(11-17)28-13-18-14-29-15-24-18/h4-11,14-15,21H,12-13H2,1-3H3,(H,23,26). The highest BCUT2D eigenvalue weighted by atomic mass is 32.1. The Balaban J connectivity index is 1.61. The van der Waals surface area contributed by atoms with Crippen molar-refractivity contribution in [2.24, 2.45) is 0 Å². The molecule has 1 N–H and O–H groups in total. The number of likely N-dealkylation sites (N-methyl/N-ethyl adjacent to an activating group) is 1. The number of hydrogen-bond acceptors (Lipinski definition) is 6. The monoisotopic (exact) mass is 411 g/mol. The van der Waals surface area contributed by atoms with Gasteiger partial charge in [-0.15, -0.1) is 11.3 Å². The predicted octanol–water partition coefficient (Wildman–Crippen LogP) is 3.76. The molecule has 2 aromatic carbocycles. The Hall–Kier alpha value is -2.90. The summed E-state index contributed by atoms with van der Waals surface area (Å²) in [5, 5.41) is 4.97. The molecule has 0 saturated heterocycles. The van der Waals surface area contributed by atoms with Crippen LogP contribution in [0.3, 0.4) is 0 Å². The number of benzene rings is 2. The number of carbonyl (C=O) groups is 1. The number of nitrogens with zero attached hydrogens (tertiary/aromatic N) is 2. The van der Waals surface area contributed by atoms with Crippen molar-refractivity contribution < 1.29 is 14.3 Å². The van der Waals surface area contributed by atoms with Crippen LogP contribution in [0.5, 0.6) is 11.5 Å². The molecule has 3 aromatic rings. The molecule has 1 unspecified atom stereocenters. The molecule has 29 heavy (non-hydrogen) atoms. The van der Waals surface area contributed by atoms with E-state index in [2.05, 4.69) is 15.2 Å². The van der Waals surface area contributed by atoms with E-state index in [0.29, 0.717) is 24.5 Å². The van der Waals surface area contributed by atoms with Crippen LogP contribution in [-0.4, -0.2) is 43.5 Å². The van der Waals surface area contributed by atoms with Gasteiger partial charge in [-0.2, -0.15) is 0 Å². The fourth-order valence-electron chi connectivity index (χ4n) is 2.91. The van der Waals surface area contributed by atoms with E-state index in [4.69, 9.17) is 9.47 Å². The van der Waals surface area contributed by atoms with Crippen molar-refractivity contribution in [3.05, 3.63) is 76.2 Å². The van der Waals surface area contributed by atoms with Crippen molar-refractivity contribution in [3.63, 3.8) is 0 Å². The number of nitrogens with one attached hydrogen (secondary N) is 1. The summed E-state index contributed by atoms with van der Waals surface area (Å²) in [6, 6.07) is 15.1. The lowest BCUT2D eigenvalue weighted by atomic mass is 10.1. The van der Waals surface area contributed by atoms with Crippen LogP contribution >= 0.6 is 11.3 Å². The number of ether oxygens (including phenoxy) is 2. The number of thiazole rings is 1. The molecule has 6 nitrogen and oxygen atoms in total. The normalized spacial score (nSPS) is 11.9. The molecule has 0 fully saturated rings. The van der Waals surface area contributed by atoms with E-state index < -0.39 is 0 Å². The van der Waals surface area contributed by atoms with E-state index in [9.17, 15) is 4.79 Å². The number of aromatic nitrogens is 1. The van der Waals surface area contributed by atoms with Gasteiger partial charge >= 0.3 is 0 Å². The van der Waals surface area contributed by atoms with Gasteiger partial charge in [0.15, 0.2) is 0 Å². The quantitative estimate of drug-likeness (QED) is 0.581. The number of rotatable bonds is 9. The van der Waals surface area contributed by atoms with E-state index in [-0.39, 0.29) is 11.9 Å². The maximum Gasteiger partial charge on any atom is 0.251 e. The minimum Gasteiger partial charge on any atom is -0.497 e. The van der Waals surface area contributed by atoms with E-state index in [0.717, 1.165) is 17.0 Å². The molecule has 0 saturated carbocycles. The van der Waals surface area contributed by atoms with Gasteiger partial charge in [0.2, 0.25) is 0 Å². The maximum absolute atomic E-state index is 12.7. The van der Waals surface area contributed by atoms with Gasteiger partial charge in [0.1, 0.15) is 18.1 Å². The second-order valence-corrected chi connectivity index (χ2v) is 7.48. The molecule has 1 amide bonds. The zero-order chi connectivity index (χ0) is 20.6. The molecule has 0 aliphatic rings. The second kappa shape index (κ2) is 10.0. The highest BCUT2D eigenvalue weighted by molar-refractivity contribution is 7.07. The van der Waals surface area contributed by atoms with Crippen LogP contribution < -0.4 is 14.8 Å². The van der Waals surface area contributed by atoms with Crippen LogP contribution in [0, 0.1) is 0 Å². The number of hydrogen-bond donors (Lipinski definition) is 1. The lowest BCUT2D eigenvalue weighted by molar-refractivity contribution is 0.0941. The smallest absolute Gasteiger partial charge is 0.251 e. The van der Waals surface area contributed by atoms with E-state index in [1.165, 1.54) is 11.3 Å². The molecule has 0 radical (unpaired) electrons. The summed E-state index contributed by atoms with van der Waals surface area (Å²) in [5.41, 5.74) is 4.31. The lowest BCUT2D eigenvalue weighted by Crippen LogP contribution is -2.34. The molecule has 0 aliphatic heterocycles. The number of methoxy groups -OCH3 is 1. The summed E-state index contributed by atoms with van der Waals surface area (Å²) >= 11 is 1.53. The lowest BCUT2D eigenvalue weighted by Gasteiger charge is -2.25. The third-order valence-electron chi connectivity index (χ3n) is 4.55. The van der Waals surface area contributed by atoms with Crippen LogP contribution in [0.25, 0.3) is 0 Å². The van der Waals surface area contributed by atoms with Gasteiger partial charge in [-0.1, -0.05) is 18.2 Å². The molecule has 1 heterocycles. The maximum atomic E-state index is 12.7. The first kappa shape index (κ1) is 20.8. The van der Waals surface area contributed by atoms with Gasteiger partial charge in [0, 0.05) is 17.5 Å². The summed E-state index contributed by atoms with van der Waals surface area (Å²) in [4.78, 5) is 18.9. The Morgan fingerprint density at radius 1 is 1.17 bits per heavy atom. The Morgan fingerprint density at radius 3 is 2.62 bits per heavy atom. The van der Waals surface area contributed by atoms with Crippen LogP contribution in [0.2, 0.25) is 0 Å². The van der Waals surface area contributed by atoms with Crippen molar-refractivity contribution in [3.8, 4) is 11.5 Å². The van der Waals surface area contributed by atoms with Crippen LogP contribution in [-0.2, 0) is 6.61 Å². The highest BCUT2D eigenvalue weighted by Gasteiger charge is 2.16. The molecular weight excluding hydrogens is 386 g/mol. The Kier molecular flexibility index (Phi) is 7.21. The number of amides is 1. The molecule has 1 aromatic heterocycles. The average molecular weight is 412 g/mol. The van der Waals surface area contributed by atoms with E-state index >= 15 is 0 Å². The first-order valence-electron chi connectivity index (χ1n) is 9.25. The van der Waals surface area contributed by atoms with Crippen molar-refractivity contribution >= 4 is 17.2 Å². The Morgan fingerprint density at radius 2 is 1.97 bits per heavy atom. The third kappa shape index (κ3) is 5.79. The fraction of sp³-hybridized carbons (Fsp3) is 0.273. The van der Waals surface area contributed by atoms with Gasteiger partial charge in [0.05, 0.1) is 24.4 Å². The summed E-state index contributed by atoms with van der Waals surface area (Å²) in [7, 11) is 5.63. The first-order chi connectivity index (χ1) is 14.1.